The minimum Gasteiger partial charge on any atom is -0.393 e. The van der Waals surface area contributed by atoms with Gasteiger partial charge in [0, 0.05) is 5.92 Å². The molecule has 0 radical (unpaired) electrons. The second-order valence-electron chi connectivity index (χ2n) is 4.03. The van der Waals surface area contributed by atoms with Crippen LogP contribution in [0.15, 0.2) is 0 Å². The summed E-state index contributed by atoms with van der Waals surface area (Å²) in [5.41, 5.74) is 0. The molecule has 0 aromatic heterocycles. The van der Waals surface area contributed by atoms with Gasteiger partial charge in [-0.25, -0.2) is 0 Å². The zero-order valence-corrected chi connectivity index (χ0v) is 7.95. The van der Waals surface area contributed by atoms with Gasteiger partial charge in [-0.2, -0.15) is 0 Å². The second kappa shape index (κ2) is 4.40. The average molecular weight is 186 g/mol. The second-order valence-corrected chi connectivity index (χ2v) is 4.03. The van der Waals surface area contributed by atoms with Crippen molar-refractivity contribution in [1.82, 2.24) is 0 Å². The molecule has 0 bridgehead atoms. The molecule has 2 rings (SSSR count). The summed E-state index contributed by atoms with van der Waals surface area (Å²) in [6, 6.07) is 0. The van der Waals surface area contributed by atoms with E-state index in [1.54, 1.807) is 0 Å². The maximum Gasteiger partial charge on any atom is 0.160 e. The first-order valence-corrected chi connectivity index (χ1v) is 5.27. The summed E-state index contributed by atoms with van der Waals surface area (Å²) in [4.78, 5) is 0. The van der Waals surface area contributed by atoms with Crippen molar-refractivity contribution in [1.29, 1.82) is 0 Å². The number of hydrogen-bond acceptors (Lipinski definition) is 3. The van der Waals surface area contributed by atoms with Crippen LogP contribution in [0.5, 0.6) is 0 Å². The number of hydrogen-bond donors (Lipinski definition) is 1. The molecule has 1 heterocycles. The predicted octanol–water partition coefficient (Wildman–Crippen LogP) is 1.30. The molecule has 3 nitrogen and oxygen atoms in total. The summed E-state index contributed by atoms with van der Waals surface area (Å²) in [6.45, 7) is 1.67. The van der Waals surface area contributed by atoms with Crippen LogP contribution in [0.3, 0.4) is 0 Å². The van der Waals surface area contributed by atoms with Crippen molar-refractivity contribution < 1.29 is 14.6 Å². The van der Waals surface area contributed by atoms with E-state index in [1.807, 2.05) is 0 Å². The molecular formula is C10H18O3. The first-order valence-electron chi connectivity index (χ1n) is 5.27. The van der Waals surface area contributed by atoms with E-state index in [-0.39, 0.29) is 12.4 Å². The van der Waals surface area contributed by atoms with Crippen molar-refractivity contribution in [3.05, 3.63) is 0 Å². The summed E-state index contributed by atoms with van der Waals surface area (Å²) in [5, 5.41) is 9.34. The van der Waals surface area contributed by atoms with Crippen LogP contribution < -0.4 is 0 Å². The van der Waals surface area contributed by atoms with Crippen LogP contribution in [0, 0.1) is 5.92 Å². The first-order chi connectivity index (χ1) is 6.36. The molecule has 2 fully saturated rings. The molecule has 0 unspecified atom stereocenters. The van der Waals surface area contributed by atoms with Crippen LogP contribution in [0.2, 0.25) is 0 Å². The summed E-state index contributed by atoms with van der Waals surface area (Å²) in [7, 11) is 0. The third-order valence-electron chi connectivity index (χ3n) is 2.98. The van der Waals surface area contributed by atoms with Gasteiger partial charge in [-0.15, -0.1) is 0 Å². The van der Waals surface area contributed by atoms with Gasteiger partial charge >= 0.3 is 0 Å². The van der Waals surface area contributed by atoms with Crippen molar-refractivity contribution in [2.24, 2.45) is 5.92 Å². The van der Waals surface area contributed by atoms with Crippen molar-refractivity contribution in [3.63, 3.8) is 0 Å². The molecular weight excluding hydrogens is 168 g/mol. The standard InChI is InChI=1S/C10H18O3/c11-9-4-2-8(3-5-9)10-12-6-1-7-13-10/h8-11H,1-7H2. The van der Waals surface area contributed by atoms with Crippen LogP contribution >= 0.6 is 0 Å². The highest BCUT2D eigenvalue weighted by atomic mass is 16.7. The Labute approximate surface area is 79.0 Å². The van der Waals surface area contributed by atoms with Gasteiger partial charge in [-0.1, -0.05) is 0 Å². The lowest BCUT2D eigenvalue weighted by Gasteiger charge is -2.34. The number of ether oxygens (including phenoxy) is 2. The van der Waals surface area contributed by atoms with Gasteiger partial charge < -0.3 is 14.6 Å². The van der Waals surface area contributed by atoms with Gasteiger partial charge in [0.15, 0.2) is 6.29 Å². The molecule has 1 saturated carbocycles. The number of rotatable bonds is 1. The summed E-state index contributed by atoms with van der Waals surface area (Å²) in [5.74, 6) is 0.517. The Morgan fingerprint density at radius 3 is 2.15 bits per heavy atom. The van der Waals surface area contributed by atoms with E-state index in [4.69, 9.17) is 9.47 Å². The van der Waals surface area contributed by atoms with Crippen molar-refractivity contribution >= 4 is 0 Å². The van der Waals surface area contributed by atoms with Crippen LogP contribution in [-0.2, 0) is 9.47 Å². The van der Waals surface area contributed by atoms with Crippen molar-refractivity contribution in [2.75, 3.05) is 13.2 Å². The average Bonchev–Trinajstić information content (AvgIpc) is 2.20. The highest BCUT2D eigenvalue weighted by Crippen LogP contribution is 2.30. The zero-order valence-electron chi connectivity index (χ0n) is 7.95. The Hall–Kier alpha value is -0.120. The van der Waals surface area contributed by atoms with Crippen LogP contribution in [0.25, 0.3) is 0 Å². The highest BCUT2D eigenvalue weighted by Gasteiger charge is 2.29. The van der Waals surface area contributed by atoms with Gasteiger partial charge in [0.05, 0.1) is 19.3 Å². The number of aliphatic hydroxyl groups is 1. The van der Waals surface area contributed by atoms with E-state index in [9.17, 15) is 5.11 Å². The summed E-state index contributed by atoms with van der Waals surface area (Å²) in [6.07, 6.45) is 4.87. The maximum atomic E-state index is 9.34. The van der Waals surface area contributed by atoms with Crippen molar-refractivity contribution in [2.45, 2.75) is 44.5 Å². The Balaban J connectivity index is 1.79. The Kier molecular flexibility index (Phi) is 3.19. The minimum atomic E-state index is -0.0835. The lowest BCUT2D eigenvalue weighted by molar-refractivity contribution is -0.211. The fourth-order valence-corrected chi connectivity index (χ4v) is 2.15. The van der Waals surface area contributed by atoms with E-state index in [0.717, 1.165) is 45.3 Å². The Bertz CT molecular complexity index is 146. The fourth-order valence-electron chi connectivity index (χ4n) is 2.15. The van der Waals surface area contributed by atoms with E-state index in [2.05, 4.69) is 0 Å². The monoisotopic (exact) mass is 186 g/mol. The molecule has 1 aliphatic heterocycles. The lowest BCUT2D eigenvalue weighted by Crippen LogP contribution is -2.35. The molecule has 1 saturated heterocycles. The zero-order chi connectivity index (χ0) is 9.10. The molecule has 0 aromatic rings. The Morgan fingerprint density at radius 2 is 1.54 bits per heavy atom. The Morgan fingerprint density at radius 1 is 0.923 bits per heavy atom. The quantitative estimate of drug-likeness (QED) is 0.671. The van der Waals surface area contributed by atoms with Crippen LogP contribution in [0.4, 0.5) is 0 Å². The molecule has 0 amide bonds. The van der Waals surface area contributed by atoms with Gasteiger partial charge in [0.25, 0.3) is 0 Å². The third-order valence-corrected chi connectivity index (χ3v) is 2.98. The van der Waals surface area contributed by atoms with Gasteiger partial charge in [-0.05, 0) is 32.1 Å². The smallest absolute Gasteiger partial charge is 0.160 e. The molecule has 3 heteroatoms. The van der Waals surface area contributed by atoms with Gasteiger partial charge in [-0.3, -0.25) is 0 Å². The van der Waals surface area contributed by atoms with E-state index in [0.29, 0.717) is 5.92 Å². The van der Waals surface area contributed by atoms with E-state index < -0.39 is 0 Å². The third kappa shape index (κ3) is 2.42. The lowest BCUT2D eigenvalue weighted by atomic mass is 9.87. The fraction of sp³-hybridized carbons (Fsp3) is 1.00. The molecule has 0 aromatic carbocycles. The van der Waals surface area contributed by atoms with Crippen molar-refractivity contribution in [3.8, 4) is 0 Å². The summed E-state index contributed by atoms with van der Waals surface area (Å²) < 4.78 is 11.1. The van der Waals surface area contributed by atoms with Crippen LogP contribution in [0.1, 0.15) is 32.1 Å². The minimum absolute atomic E-state index is 0.0150. The normalized spacial score (nSPS) is 37.6. The topological polar surface area (TPSA) is 38.7 Å². The maximum absolute atomic E-state index is 9.34. The molecule has 0 spiro atoms. The van der Waals surface area contributed by atoms with E-state index in [1.165, 1.54) is 0 Å². The van der Waals surface area contributed by atoms with Gasteiger partial charge in [0.2, 0.25) is 0 Å². The van der Waals surface area contributed by atoms with Gasteiger partial charge in [0.1, 0.15) is 0 Å². The molecule has 76 valence electrons. The molecule has 0 atom stereocenters. The molecule has 1 N–H and O–H groups in total. The molecule has 13 heavy (non-hydrogen) atoms. The largest absolute Gasteiger partial charge is 0.393 e. The summed E-state index contributed by atoms with van der Waals surface area (Å²) >= 11 is 0. The molecule has 2 aliphatic rings. The highest BCUT2D eigenvalue weighted by molar-refractivity contribution is 4.74. The number of aliphatic hydroxyl groups excluding tert-OH is 1. The SMILES string of the molecule is OC1CCC(C2OCCCO2)CC1. The predicted molar refractivity (Wildman–Crippen MR) is 48.3 cm³/mol. The van der Waals surface area contributed by atoms with E-state index >= 15 is 0 Å². The first kappa shape index (κ1) is 9.44. The molecule has 1 aliphatic carbocycles. The van der Waals surface area contributed by atoms with Crippen LogP contribution in [-0.4, -0.2) is 30.7 Å².